The van der Waals surface area contributed by atoms with E-state index in [0.29, 0.717) is 36.5 Å². The molecule has 1 heterocycles. The molecular formula is C20H21FN2O4. The molecule has 142 valence electrons. The molecule has 0 aliphatic carbocycles. The number of halogens is 1. The van der Waals surface area contributed by atoms with Gasteiger partial charge in [0.15, 0.2) is 0 Å². The number of hydrogen-bond acceptors (Lipinski definition) is 4. The third-order valence-electron chi connectivity index (χ3n) is 4.39. The predicted octanol–water partition coefficient (Wildman–Crippen LogP) is 1.82. The average molecular weight is 372 g/mol. The van der Waals surface area contributed by atoms with E-state index in [1.807, 2.05) is 0 Å². The van der Waals surface area contributed by atoms with Crippen LogP contribution in [0.25, 0.3) is 0 Å². The summed E-state index contributed by atoms with van der Waals surface area (Å²) in [5.41, 5.74) is 5.96. The van der Waals surface area contributed by atoms with Crippen LogP contribution < -0.4 is 15.8 Å². The van der Waals surface area contributed by atoms with Crippen LogP contribution in [0, 0.1) is 5.82 Å². The van der Waals surface area contributed by atoms with Crippen LogP contribution >= 0.6 is 0 Å². The molecular weight excluding hydrogens is 351 g/mol. The van der Waals surface area contributed by atoms with E-state index in [4.69, 9.17) is 15.2 Å². The topological polar surface area (TPSA) is 90.7 Å². The first-order chi connectivity index (χ1) is 13.0. The fourth-order valence-corrected chi connectivity index (χ4v) is 2.94. The Balaban J connectivity index is 1.62. The lowest BCUT2D eigenvalue weighted by atomic mass is 10.0. The summed E-state index contributed by atoms with van der Waals surface area (Å²) in [7, 11) is 0. The third kappa shape index (κ3) is 5.04. The Morgan fingerprint density at radius 3 is 2.63 bits per heavy atom. The number of hydrogen-bond donors (Lipinski definition) is 2. The highest BCUT2D eigenvalue weighted by atomic mass is 19.1. The molecule has 2 atom stereocenters. The molecule has 27 heavy (non-hydrogen) atoms. The molecule has 6 nitrogen and oxygen atoms in total. The Morgan fingerprint density at radius 2 is 1.93 bits per heavy atom. The number of amides is 2. The molecule has 0 aromatic heterocycles. The highest BCUT2D eigenvalue weighted by molar-refractivity contribution is 5.92. The Morgan fingerprint density at radius 1 is 1.19 bits per heavy atom. The normalized spacial score (nSPS) is 19.3. The van der Waals surface area contributed by atoms with Gasteiger partial charge >= 0.3 is 0 Å². The molecule has 2 aromatic carbocycles. The van der Waals surface area contributed by atoms with Gasteiger partial charge in [0.05, 0.1) is 19.1 Å². The minimum absolute atomic E-state index is 0.0376. The molecule has 0 unspecified atom stereocenters. The van der Waals surface area contributed by atoms with Crippen molar-refractivity contribution in [3.63, 3.8) is 0 Å². The lowest BCUT2D eigenvalue weighted by Gasteiger charge is -2.32. The summed E-state index contributed by atoms with van der Waals surface area (Å²) >= 11 is 0. The Bertz CT molecular complexity index is 810. The minimum atomic E-state index is -0.513. The fourth-order valence-electron chi connectivity index (χ4n) is 2.94. The molecule has 1 fully saturated rings. The standard InChI is InChI=1S/C20H21FN2O4/c21-16-4-2-1-3-14(16)11-19(24)23-17-9-10-26-12-18(17)27-15-7-5-13(6-8-15)20(22)25/h1-8,17-18H,9-12H2,(H2,22,25)(H,23,24)/t17-,18-/m1/s1. The minimum Gasteiger partial charge on any atom is -0.486 e. The summed E-state index contributed by atoms with van der Waals surface area (Å²) in [5.74, 6) is -0.642. The molecule has 1 saturated heterocycles. The van der Waals surface area contributed by atoms with Crippen molar-refractivity contribution >= 4 is 11.8 Å². The first-order valence-electron chi connectivity index (χ1n) is 8.70. The van der Waals surface area contributed by atoms with Crippen LogP contribution in [0.3, 0.4) is 0 Å². The molecule has 1 aliphatic rings. The second-order valence-electron chi connectivity index (χ2n) is 6.35. The maximum atomic E-state index is 13.7. The monoisotopic (exact) mass is 372 g/mol. The Kier molecular flexibility index (Phi) is 6.03. The SMILES string of the molecule is NC(=O)c1ccc(O[C@@H]2COCC[C@H]2NC(=O)Cc2ccccc2F)cc1. The van der Waals surface area contributed by atoms with Gasteiger partial charge in [-0.15, -0.1) is 0 Å². The quantitative estimate of drug-likeness (QED) is 0.809. The van der Waals surface area contributed by atoms with Crippen molar-refractivity contribution in [1.29, 1.82) is 0 Å². The largest absolute Gasteiger partial charge is 0.486 e. The van der Waals surface area contributed by atoms with E-state index in [-0.39, 0.29) is 24.5 Å². The van der Waals surface area contributed by atoms with Crippen LogP contribution in [0.4, 0.5) is 4.39 Å². The summed E-state index contributed by atoms with van der Waals surface area (Å²) in [4.78, 5) is 23.5. The molecule has 0 spiro atoms. The van der Waals surface area contributed by atoms with Gasteiger partial charge in [-0.2, -0.15) is 0 Å². The van der Waals surface area contributed by atoms with E-state index < -0.39 is 11.7 Å². The van der Waals surface area contributed by atoms with E-state index in [1.165, 1.54) is 6.07 Å². The molecule has 0 saturated carbocycles. The van der Waals surface area contributed by atoms with Gasteiger partial charge in [-0.25, -0.2) is 4.39 Å². The van der Waals surface area contributed by atoms with E-state index in [9.17, 15) is 14.0 Å². The van der Waals surface area contributed by atoms with Crippen molar-refractivity contribution in [2.45, 2.75) is 25.0 Å². The van der Waals surface area contributed by atoms with Crippen LogP contribution in [0.5, 0.6) is 5.75 Å². The van der Waals surface area contributed by atoms with E-state index >= 15 is 0 Å². The van der Waals surface area contributed by atoms with Gasteiger partial charge < -0.3 is 20.5 Å². The fraction of sp³-hybridized carbons (Fsp3) is 0.300. The van der Waals surface area contributed by atoms with Crippen molar-refractivity contribution in [2.75, 3.05) is 13.2 Å². The second-order valence-corrected chi connectivity index (χ2v) is 6.35. The lowest BCUT2D eigenvalue weighted by molar-refractivity contribution is -0.123. The molecule has 3 rings (SSSR count). The molecule has 0 radical (unpaired) electrons. The van der Waals surface area contributed by atoms with Gasteiger partial charge in [0.1, 0.15) is 17.7 Å². The number of carbonyl (C=O) groups excluding carboxylic acids is 2. The van der Waals surface area contributed by atoms with Crippen LogP contribution in [0.15, 0.2) is 48.5 Å². The number of nitrogens with two attached hydrogens (primary N) is 1. The van der Waals surface area contributed by atoms with Crippen molar-refractivity contribution in [3.05, 3.63) is 65.5 Å². The van der Waals surface area contributed by atoms with Crippen LogP contribution in [0.1, 0.15) is 22.3 Å². The Hall–Kier alpha value is -2.93. The van der Waals surface area contributed by atoms with Crippen LogP contribution in [0.2, 0.25) is 0 Å². The molecule has 2 amide bonds. The molecule has 7 heteroatoms. The zero-order valence-corrected chi connectivity index (χ0v) is 14.7. The second kappa shape index (κ2) is 8.64. The van der Waals surface area contributed by atoms with E-state index in [1.54, 1.807) is 42.5 Å². The maximum Gasteiger partial charge on any atom is 0.248 e. The number of primary amides is 1. The highest BCUT2D eigenvalue weighted by Gasteiger charge is 2.29. The van der Waals surface area contributed by atoms with Gasteiger partial charge in [0.2, 0.25) is 11.8 Å². The van der Waals surface area contributed by atoms with Gasteiger partial charge in [-0.1, -0.05) is 18.2 Å². The zero-order valence-electron chi connectivity index (χ0n) is 14.7. The molecule has 1 aliphatic heterocycles. The molecule has 2 aromatic rings. The maximum absolute atomic E-state index is 13.7. The third-order valence-corrected chi connectivity index (χ3v) is 4.39. The first kappa shape index (κ1) is 18.8. The van der Waals surface area contributed by atoms with Crippen LogP contribution in [-0.2, 0) is 16.0 Å². The first-order valence-corrected chi connectivity index (χ1v) is 8.70. The number of nitrogens with one attached hydrogen (secondary N) is 1. The summed E-state index contributed by atoms with van der Waals surface area (Å²) in [6.07, 6.45) is 0.166. The highest BCUT2D eigenvalue weighted by Crippen LogP contribution is 2.19. The summed E-state index contributed by atoms with van der Waals surface area (Å²) in [5, 5.41) is 2.91. The predicted molar refractivity (Wildman–Crippen MR) is 96.8 cm³/mol. The van der Waals surface area contributed by atoms with Crippen LogP contribution in [-0.4, -0.2) is 37.2 Å². The van der Waals surface area contributed by atoms with E-state index in [2.05, 4.69) is 5.32 Å². The van der Waals surface area contributed by atoms with Gasteiger partial charge in [-0.3, -0.25) is 9.59 Å². The van der Waals surface area contributed by atoms with E-state index in [0.717, 1.165) is 0 Å². The van der Waals surface area contributed by atoms with Gasteiger partial charge in [0.25, 0.3) is 0 Å². The molecule has 0 bridgehead atoms. The summed E-state index contributed by atoms with van der Waals surface area (Å²) in [6, 6.07) is 12.4. The van der Waals surface area contributed by atoms with Crippen molar-refractivity contribution in [3.8, 4) is 5.75 Å². The number of rotatable bonds is 6. The van der Waals surface area contributed by atoms with Crippen molar-refractivity contribution in [2.24, 2.45) is 5.73 Å². The number of carbonyl (C=O) groups is 2. The van der Waals surface area contributed by atoms with Gasteiger partial charge in [-0.05, 0) is 42.3 Å². The van der Waals surface area contributed by atoms with Crippen molar-refractivity contribution in [1.82, 2.24) is 5.32 Å². The Labute approximate surface area is 156 Å². The summed E-state index contributed by atoms with van der Waals surface area (Å²) < 4.78 is 25.1. The van der Waals surface area contributed by atoms with Crippen molar-refractivity contribution < 1.29 is 23.5 Å². The average Bonchev–Trinajstić information content (AvgIpc) is 2.66. The smallest absolute Gasteiger partial charge is 0.248 e. The summed E-state index contributed by atoms with van der Waals surface area (Å²) in [6.45, 7) is 0.827. The number of benzene rings is 2. The van der Waals surface area contributed by atoms with Gasteiger partial charge in [0, 0.05) is 12.2 Å². The molecule has 3 N–H and O–H groups in total. The zero-order chi connectivity index (χ0) is 19.2. The lowest BCUT2D eigenvalue weighted by Crippen LogP contribution is -2.51. The number of ether oxygens (including phenoxy) is 2.